The van der Waals surface area contributed by atoms with Crippen LogP contribution in [0.1, 0.15) is 47.8 Å². The third-order valence-corrected chi connectivity index (χ3v) is 7.49. The van der Waals surface area contributed by atoms with Gasteiger partial charge in [-0.05, 0) is 84.3 Å². The van der Waals surface area contributed by atoms with Gasteiger partial charge in [0.15, 0.2) is 5.78 Å². The molecule has 0 bridgehead atoms. The molecule has 0 spiro atoms. The summed E-state index contributed by atoms with van der Waals surface area (Å²) in [6, 6.07) is 34.8. The van der Waals surface area contributed by atoms with Crippen LogP contribution in [0, 0.1) is 6.92 Å². The van der Waals surface area contributed by atoms with Gasteiger partial charge >= 0.3 is 0 Å². The van der Waals surface area contributed by atoms with E-state index < -0.39 is 0 Å². The maximum absolute atomic E-state index is 13.9. The second kappa shape index (κ2) is 11.2. The zero-order valence-corrected chi connectivity index (χ0v) is 23.3. The Kier molecular flexibility index (Phi) is 7.11. The molecule has 5 aromatic rings. The Balaban J connectivity index is 1.26. The van der Waals surface area contributed by atoms with Gasteiger partial charge in [-0.15, -0.1) is 0 Å². The Hall–Kier alpha value is -5.49. The van der Waals surface area contributed by atoms with Gasteiger partial charge in [-0.25, -0.2) is 0 Å². The first-order chi connectivity index (χ1) is 20.4. The normalized spacial score (nSPS) is 12.1. The number of carbonyl (C=O) groups excluding carboxylic acids is 3. The number of methoxy groups -OCH3 is 1. The van der Waals surface area contributed by atoms with Crippen molar-refractivity contribution >= 4 is 29.0 Å². The molecule has 6 heteroatoms. The lowest BCUT2D eigenvalue weighted by molar-refractivity contribution is 0.0984. The van der Waals surface area contributed by atoms with E-state index in [-0.39, 0.29) is 24.1 Å². The van der Waals surface area contributed by atoms with Crippen LogP contribution in [0.5, 0.6) is 5.75 Å². The van der Waals surface area contributed by atoms with Crippen LogP contribution in [0.25, 0.3) is 11.1 Å². The van der Waals surface area contributed by atoms with Gasteiger partial charge in [-0.2, -0.15) is 0 Å². The van der Waals surface area contributed by atoms with Crippen molar-refractivity contribution in [2.75, 3.05) is 17.3 Å². The first-order valence-corrected chi connectivity index (χ1v) is 13.6. The van der Waals surface area contributed by atoms with Gasteiger partial charge in [-0.3, -0.25) is 14.4 Å². The Morgan fingerprint density at radius 3 is 2.19 bits per heavy atom. The lowest BCUT2D eigenvalue weighted by Gasteiger charge is -2.23. The fourth-order valence-corrected chi connectivity index (χ4v) is 5.25. The number of fused-ring (bicyclic) bond motifs is 2. The maximum atomic E-state index is 13.9. The Morgan fingerprint density at radius 2 is 1.45 bits per heavy atom. The number of para-hydroxylation sites is 1. The largest absolute Gasteiger partial charge is 0.497 e. The second-order valence-corrected chi connectivity index (χ2v) is 10.2. The highest BCUT2D eigenvalue weighted by atomic mass is 16.5. The summed E-state index contributed by atoms with van der Waals surface area (Å²) in [5, 5.41) is 2.96. The van der Waals surface area contributed by atoms with Gasteiger partial charge in [0.1, 0.15) is 5.75 Å². The van der Waals surface area contributed by atoms with Crippen molar-refractivity contribution in [3.8, 4) is 16.9 Å². The minimum atomic E-state index is -0.256. The van der Waals surface area contributed by atoms with Crippen molar-refractivity contribution < 1.29 is 19.1 Å². The second-order valence-electron chi connectivity index (χ2n) is 10.2. The number of hydrogen-bond donors (Lipinski definition) is 1. The maximum Gasteiger partial charge on any atom is 0.258 e. The molecule has 1 aliphatic heterocycles. The number of nitrogens with one attached hydrogen (secondary N) is 1. The third-order valence-electron chi connectivity index (χ3n) is 7.49. The fourth-order valence-electron chi connectivity index (χ4n) is 5.25. The number of hydrogen-bond acceptors (Lipinski definition) is 4. The summed E-state index contributed by atoms with van der Waals surface area (Å²) in [6.07, 6.45) is 0. The summed E-state index contributed by atoms with van der Waals surface area (Å²) >= 11 is 0. The predicted molar refractivity (Wildman–Crippen MR) is 164 cm³/mol. The number of ketones is 1. The standard InChI is InChI=1S/C36H28N2O4/c1-23-11-13-24(14-12-23)29-7-3-4-8-31(29)35(40)37-27-17-15-25(16-18-27)36(41)38-22-26-21-28(42-2)19-20-30(26)34(39)32-9-5-6-10-33(32)38/h3-21H,22H2,1-2H3,(H,37,40). The zero-order chi connectivity index (χ0) is 29.2. The van der Waals surface area contributed by atoms with Crippen LogP contribution in [-0.4, -0.2) is 24.7 Å². The van der Waals surface area contributed by atoms with Crippen LogP contribution >= 0.6 is 0 Å². The number of benzene rings is 5. The van der Waals surface area contributed by atoms with Gasteiger partial charge < -0.3 is 15.0 Å². The molecule has 42 heavy (non-hydrogen) atoms. The molecule has 0 aromatic heterocycles. The van der Waals surface area contributed by atoms with Crippen LogP contribution < -0.4 is 15.0 Å². The van der Waals surface area contributed by atoms with Crippen LogP contribution in [0.2, 0.25) is 0 Å². The van der Waals surface area contributed by atoms with Gasteiger partial charge in [0.25, 0.3) is 11.8 Å². The molecular weight excluding hydrogens is 524 g/mol. The SMILES string of the molecule is COc1ccc2c(c1)CN(C(=O)c1ccc(NC(=O)c3ccccc3-c3ccc(C)cc3)cc1)c1ccccc1C2=O. The monoisotopic (exact) mass is 552 g/mol. The van der Waals surface area contributed by atoms with Crippen molar-refractivity contribution in [3.05, 3.63) is 149 Å². The smallest absolute Gasteiger partial charge is 0.258 e. The average Bonchev–Trinajstić information content (AvgIpc) is 3.15. The van der Waals surface area contributed by atoms with Gasteiger partial charge in [0.05, 0.1) is 19.3 Å². The molecule has 0 radical (unpaired) electrons. The highest BCUT2D eigenvalue weighted by Crippen LogP contribution is 2.33. The number of carbonyl (C=O) groups is 3. The summed E-state index contributed by atoms with van der Waals surface area (Å²) in [4.78, 5) is 42.2. The van der Waals surface area contributed by atoms with Crippen molar-refractivity contribution in [1.82, 2.24) is 0 Å². The van der Waals surface area contributed by atoms with Crippen LogP contribution in [-0.2, 0) is 6.54 Å². The predicted octanol–water partition coefficient (Wildman–Crippen LogP) is 7.31. The number of anilines is 2. The lowest BCUT2D eigenvalue weighted by Crippen LogP contribution is -2.30. The first kappa shape index (κ1) is 26.7. The highest BCUT2D eigenvalue weighted by Gasteiger charge is 2.29. The molecule has 206 valence electrons. The molecule has 0 fully saturated rings. The lowest BCUT2D eigenvalue weighted by atomic mass is 9.98. The minimum Gasteiger partial charge on any atom is -0.497 e. The quantitative estimate of drug-likeness (QED) is 0.248. The van der Waals surface area contributed by atoms with E-state index in [2.05, 4.69) is 5.32 Å². The Bertz CT molecular complexity index is 1830. The zero-order valence-electron chi connectivity index (χ0n) is 23.3. The Morgan fingerprint density at radius 1 is 0.762 bits per heavy atom. The van der Waals surface area contributed by atoms with Crippen LogP contribution in [0.3, 0.4) is 0 Å². The Labute approximate surface area is 244 Å². The van der Waals surface area contributed by atoms with Gasteiger partial charge in [0, 0.05) is 27.9 Å². The van der Waals surface area contributed by atoms with E-state index in [1.165, 1.54) is 0 Å². The molecule has 0 saturated carbocycles. The van der Waals surface area contributed by atoms with Crippen molar-refractivity contribution in [2.45, 2.75) is 13.5 Å². The molecule has 6 rings (SSSR count). The van der Waals surface area contributed by atoms with Crippen molar-refractivity contribution in [1.29, 1.82) is 0 Å². The van der Waals surface area contributed by atoms with E-state index in [0.29, 0.717) is 44.9 Å². The van der Waals surface area contributed by atoms with E-state index in [1.54, 1.807) is 78.7 Å². The topological polar surface area (TPSA) is 75.7 Å². The number of nitrogens with zero attached hydrogens (tertiary/aromatic N) is 1. The fraction of sp³-hybridized carbons (Fsp3) is 0.0833. The molecule has 2 amide bonds. The molecule has 1 aliphatic rings. The molecule has 0 unspecified atom stereocenters. The summed E-state index contributed by atoms with van der Waals surface area (Å²) in [6.45, 7) is 2.24. The number of ether oxygens (including phenoxy) is 1. The van der Waals surface area contributed by atoms with Crippen molar-refractivity contribution in [2.24, 2.45) is 0 Å². The molecule has 0 aliphatic carbocycles. The van der Waals surface area contributed by atoms with E-state index >= 15 is 0 Å². The van der Waals surface area contributed by atoms with Gasteiger partial charge in [0.2, 0.25) is 0 Å². The van der Waals surface area contributed by atoms with Gasteiger partial charge in [-0.1, -0.05) is 60.2 Å². The highest BCUT2D eigenvalue weighted by molar-refractivity contribution is 6.18. The van der Waals surface area contributed by atoms with E-state index in [4.69, 9.17) is 4.74 Å². The molecule has 1 N–H and O–H groups in total. The number of aryl methyl sites for hydroxylation is 1. The third kappa shape index (κ3) is 5.06. The summed E-state index contributed by atoms with van der Waals surface area (Å²) in [7, 11) is 1.57. The van der Waals surface area contributed by atoms with Crippen LogP contribution in [0.4, 0.5) is 11.4 Å². The molecule has 5 aromatic carbocycles. The molecule has 0 atom stereocenters. The van der Waals surface area contributed by atoms with Crippen molar-refractivity contribution in [3.63, 3.8) is 0 Å². The minimum absolute atomic E-state index is 0.137. The molecule has 6 nitrogen and oxygen atoms in total. The number of rotatable bonds is 5. The summed E-state index contributed by atoms with van der Waals surface area (Å²) < 4.78 is 5.38. The van der Waals surface area contributed by atoms with Crippen LogP contribution in [0.15, 0.2) is 115 Å². The molecule has 1 heterocycles. The number of amides is 2. The summed E-state index contributed by atoms with van der Waals surface area (Å²) in [5.41, 5.74) is 6.77. The first-order valence-electron chi connectivity index (χ1n) is 13.6. The summed E-state index contributed by atoms with van der Waals surface area (Å²) in [5.74, 6) is -0.0178. The van der Waals surface area contributed by atoms with E-state index in [0.717, 1.165) is 16.7 Å². The van der Waals surface area contributed by atoms with E-state index in [1.807, 2.05) is 55.5 Å². The van der Waals surface area contributed by atoms with E-state index in [9.17, 15) is 14.4 Å². The molecular formula is C36H28N2O4. The molecule has 0 saturated heterocycles. The average molecular weight is 553 g/mol.